The first-order valence-corrected chi connectivity index (χ1v) is 9.71. The molecular formula is C19H23N3S. The number of aliphatic imine (C=N–C) groups is 1. The highest BCUT2D eigenvalue weighted by Gasteiger charge is 2.46. The summed E-state index contributed by atoms with van der Waals surface area (Å²) in [4.78, 5) is 12.5. The predicted molar refractivity (Wildman–Crippen MR) is 96.8 cm³/mol. The van der Waals surface area contributed by atoms with Crippen LogP contribution < -0.4 is 0 Å². The van der Waals surface area contributed by atoms with E-state index in [9.17, 15) is 0 Å². The van der Waals surface area contributed by atoms with E-state index in [1.807, 2.05) is 11.3 Å². The largest absolute Gasteiger partial charge is 0.302 e. The van der Waals surface area contributed by atoms with Crippen LogP contribution >= 0.6 is 11.3 Å². The summed E-state index contributed by atoms with van der Waals surface area (Å²) < 4.78 is 1.34. The van der Waals surface area contributed by atoms with Crippen molar-refractivity contribution in [1.29, 1.82) is 0 Å². The summed E-state index contributed by atoms with van der Waals surface area (Å²) in [5.74, 6) is 0.736. The van der Waals surface area contributed by atoms with Crippen molar-refractivity contribution in [3.8, 4) is 0 Å². The van der Waals surface area contributed by atoms with Gasteiger partial charge in [-0.15, -0.1) is 11.3 Å². The number of benzene rings is 1. The Morgan fingerprint density at radius 1 is 1.26 bits per heavy atom. The van der Waals surface area contributed by atoms with E-state index in [-0.39, 0.29) is 0 Å². The van der Waals surface area contributed by atoms with Crippen molar-refractivity contribution in [1.82, 2.24) is 9.88 Å². The van der Waals surface area contributed by atoms with Gasteiger partial charge in [0, 0.05) is 24.2 Å². The summed E-state index contributed by atoms with van der Waals surface area (Å²) in [6, 6.07) is 6.81. The van der Waals surface area contributed by atoms with Gasteiger partial charge in [0.25, 0.3) is 0 Å². The quantitative estimate of drug-likeness (QED) is 0.839. The van der Waals surface area contributed by atoms with Gasteiger partial charge >= 0.3 is 0 Å². The molecule has 0 spiro atoms. The van der Waals surface area contributed by atoms with E-state index in [4.69, 9.17) is 9.98 Å². The standard InChI is InChI=1S/C19H23N3S/c1-13-2-4-15(20-11-13)14-3-5-17-16(10-14)21-18(23-17)19-6-8-22(12-19)9-7-19/h3,5,10,13H,2,4,6-9,11-12H2,1H3/t13-/m0/s1. The van der Waals surface area contributed by atoms with Crippen molar-refractivity contribution in [2.24, 2.45) is 10.9 Å². The molecule has 1 atom stereocenters. The molecule has 3 aliphatic rings. The van der Waals surface area contributed by atoms with Gasteiger partial charge in [-0.3, -0.25) is 4.99 Å². The van der Waals surface area contributed by atoms with E-state index in [0.29, 0.717) is 5.41 Å². The number of hydrogen-bond acceptors (Lipinski definition) is 4. The van der Waals surface area contributed by atoms with E-state index in [1.54, 1.807) is 0 Å². The molecule has 0 amide bonds. The molecule has 3 aliphatic heterocycles. The van der Waals surface area contributed by atoms with Gasteiger partial charge in [0.1, 0.15) is 5.01 Å². The van der Waals surface area contributed by atoms with Crippen LogP contribution in [0.3, 0.4) is 0 Å². The first-order valence-electron chi connectivity index (χ1n) is 8.89. The summed E-state index contributed by atoms with van der Waals surface area (Å²) in [5, 5.41) is 1.38. The maximum Gasteiger partial charge on any atom is 0.101 e. The van der Waals surface area contributed by atoms with Crippen molar-refractivity contribution in [2.45, 2.75) is 38.0 Å². The molecule has 0 radical (unpaired) electrons. The van der Waals surface area contributed by atoms with E-state index in [1.165, 1.54) is 65.4 Å². The molecule has 5 rings (SSSR count). The molecule has 3 nitrogen and oxygen atoms in total. The Hall–Kier alpha value is -1.26. The second-order valence-electron chi connectivity index (χ2n) is 7.69. The summed E-state index contributed by atoms with van der Waals surface area (Å²) in [7, 11) is 0. The van der Waals surface area contributed by atoms with Crippen LogP contribution in [-0.4, -0.2) is 41.8 Å². The molecule has 0 aliphatic carbocycles. The Labute approximate surface area is 141 Å². The minimum absolute atomic E-state index is 0.363. The van der Waals surface area contributed by atoms with Crippen molar-refractivity contribution >= 4 is 27.3 Å². The fraction of sp³-hybridized carbons (Fsp3) is 0.579. The zero-order chi connectivity index (χ0) is 15.4. The number of nitrogens with zero attached hydrogens (tertiary/aromatic N) is 3. The van der Waals surface area contributed by atoms with Crippen LogP contribution in [0.1, 0.15) is 43.2 Å². The zero-order valence-corrected chi connectivity index (χ0v) is 14.5. The normalized spacial score (nSPS) is 33.3. The first-order chi connectivity index (χ1) is 11.2. The molecule has 0 unspecified atom stereocenters. The van der Waals surface area contributed by atoms with Gasteiger partial charge < -0.3 is 4.90 Å². The molecule has 2 bridgehead atoms. The molecule has 120 valence electrons. The van der Waals surface area contributed by atoms with E-state index in [2.05, 4.69) is 30.0 Å². The van der Waals surface area contributed by atoms with Gasteiger partial charge in [0.05, 0.1) is 10.2 Å². The topological polar surface area (TPSA) is 28.5 Å². The van der Waals surface area contributed by atoms with E-state index < -0.39 is 0 Å². The maximum absolute atomic E-state index is 5.07. The summed E-state index contributed by atoms with van der Waals surface area (Å²) in [6.45, 7) is 7.02. The van der Waals surface area contributed by atoms with E-state index >= 15 is 0 Å². The lowest BCUT2D eigenvalue weighted by Crippen LogP contribution is -2.23. The molecule has 4 heteroatoms. The van der Waals surface area contributed by atoms with Gasteiger partial charge in [-0.2, -0.15) is 0 Å². The molecule has 2 fully saturated rings. The fourth-order valence-electron chi connectivity index (χ4n) is 4.40. The predicted octanol–water partition coefficient (Wildman–Crippen LogP) is 3.86. The first kappa shape index (κ1) is 14.1. The third kappa shape index (κ3) is 2.26. The van der Waals surface area contributed by atoms with Crippen LogP contribution in [0.2, 0.25) is 0 Å². The number of aromatic nitrogens is 1. The molecule has 23 heavy (non-hydrogen) atoms. The molecule has 4 heterocycles. The molecule has 1 aromatic heterocycles. The van der Waals surface area contributed by atoms with Crippen LogP contribution in [-0.2, 0) is 5.41 Å². The SMILES string of the molecule is C[C@H]1CCC(c2ccc3sc(C45CCN(CC4)C5)nc3c2)=NC1. The average Bonchev–Trinajstić information content (AvgIpc) is 3.29. The van der Waals surface area contributed by atoms with Crippen LogP contribution in [0.5, 0.6) is 0 Å². The number of fused-ring (bicyclic) bond motifs is 3. The third-order valence-electron chi connectivity index (χ3n) is 5.98. The highest BCUT2D eigenvalue weighted by atomic mass is 32.1. The highest BCUT2D eigenvalue weighted by molar-refractivity contribution is 7.18. The molecule has 0 saturated carbocycles. The molecular weight excluding hydrogens is 302 g/mol. The van der Waals surface area contributed by atoms with Crippen molar-refractivity contribution in [2.75, 3.05) is 26.2 Å². The number of piperidine rings is 1. The molecule has 0 N–H and O–H groups in total. The second kappa shape index (κ2) is 5.12. The van der Waals surface area contributed by atoms with Crippen LogP contribution in [0.25, 0.3) is 10.2 Å². The summed E-state index contributed by atoms with van der Waals surface area (Å²) >= 11 is 1.92. The maximum atomic E-state index is 5.07. The second-order valence-corrected chi connectivity index (χ2v) is 8.72. The smallest absolute Gasteiger partial charge is 0.101 e. The third-order valence-corrected chi connectivity index (χ3v) is 7.26. The fourth-order valence-corrected chi connectivity index (χ4v) is 5.58. The molecule has 1 aromatic carbocycles. The highest BCUT2D eigenvalue weighted by Crippen LogP contribution is 2.45. The van der Waals surface area contributed by atoms with Gasteiger partial charge in [0.2, 0.25) is 0 Å². The number of hydrogen-bond donors (Lipinski definition) is 0. The summed E-state index contributed by atoms with van der Waals surface area (Å²) in [5.41, 5.74) is 4.12. The molecule has 2 saturated heterocycles. The van der Waals surface area contributed by atoms with E-state index in [0.717, 1.165) is 18.9 Å². The number of rotatable bonds is 2. The minimum Gasteiger partial charge on any atom is -0.302 e. The monoisotopic (exact) mass is 325 g/mol. The van der Waals surface area contributed by atoms with Crippen LogP contribution in [0.15, 0.2) is 23.2 Å². The molecule has 2 aromatic rings. The lowest BCUT2D eigenvalue weighted by molar-refractivity contribution is 0.364. The van der Waals surface area contributed by atoms with Crippen molar-refractivity contribution in [3.63, 3.8) is 0 Å². The van der Waals surface area contributed by atoms with Gasteiger partial charge in [-0.1, -0.05) is 13.0 Å². The summed E-state index contributed by atoms with van der Waals surface area (Å²) in [6.07, 6.45) is 4.97. The lowest BCUT2D eigenvalue weighted by atomic mass is 9.85. The lowest BCUT2D eigenvalue weighted by Gasteiger charge is -2.21. The van der Waals surface area contributed by atoms with Crippen LogP contribution in [0, 0.1) is 5.92 Å². The average molecular weight is 325 g/mol. The number of thiazole rings is 1. The Balaban J connectivity index is 1.52. The Bertz CT molecular complexity index is 783. The Kier molecular flexibility index (Phi) is 3.14. The Morgan fingerprint density at radius 2 is 2.13 bits per heavy atom. The van der Waals surface area contributed by atoms with Gasteiger partial charge in [0.15, 0.2) is 0 Å². The Morgan fingerprint density at radius 3 is 2.83 bits per heavy atom. The van der Waals surface area contributed by atoms with Crippen molar-refractivity contribution < 1.29 is 0 Å². The van der Waals surface area contributed by atoms with Crippen LogP contribution in [0.4, 0.5) is 0 Å². The minimum atomic E-state index is 0.363. The van der Waals surface area contributed by atoms with Gasteiger partial charge in [-0.05, 0) is 62.4 Å². The van der Waals surface area contributed by atoms with Gasteiger partial charge in [-0.25, -0.2) is 4.98 Å². The van der Waals surface area contributed by atoms with Crippen molar-refractivity contribution in [3.05, 3.63) is 28.8 Å². The zero-order valence-electron chi connectivity index (χ0n) is 13.7.